The Morgan fingerprint density at radius 1 is 0.317 bits per heavy atom. The largest absolute Gasteiger partial charge is 0.0741 e. The van der Waals surface area contributed by atoms with E-state index in [0.29, 0.717) is 35.6 Å². The van der Waals surface area contributed by atoms with Crippen molar-refractivity contribution in [3.05, 3.63) is 11.1 Å². The molecule has 0 N–H and O–H groups in total. The Bertz CT molecular complexity index is 1910. The Morgan fingerprint density at radius 3 is 0.810 bits per heavy atom. The minimum Gasteiger partial charge on any atom is -0.0741 e. The van der Waals surface area contributed by atoms with Crippen LogP contribution in [0.25, 0.3) is 0 Å². The van der Waals surface area contributed by atoms with Gasteiger partial charge in [-0.05, 0) is 103 Å². The van der Waals surface area contributed by atoms with Crippen molar-refractivity contribution >= 4 is 56.5 Å². The van der Waals surface area contributed by atoms with Gasteiger partial charge in [0.15, 0.2) is 0 Å². The van der Waals surface area contributed by atoms with Crippen LogP contribution in [0.15, 0.2) is 11.1 Å². The lowest BCUT2D eigenvalue weighted by Crippen LogP contribution is -3.12. The minimum atomic E-state index is -2.37. The zero-order valence-corrected chi connectivity index (χ0v) is 57.5. The molecule has 0 aromatic carbocycles. The van der Waals surface area contributed by atoms with Crippen LogP contribution >= 0.6 is 0 Å². The first-order valence-corrected chi connectivity index (χ1v) is 47.6. The summed E-state index contributed by atoms with van der Waals surface area (Å²) in [7, 11) is -16.0. The van der Waals surface area contributed by atoms with Gasteiger partial charge < -0.3 is 0 Å². The average Bonchev–Trinajstić information content (AvgIpc) is 3.19. The number of hydrogen-bond acceptors (Lipinski definition) is 0. The summed E-state index contributed by atoms with van der Waals surface area (Å²) in [6.45, 7) is 108. The van der Waals surface area contributed by atoms with Gasteiger partial charge in [0.2, 0.25) is 0 Å². The summed E-state index contributed by atoms with van der Waals surface area (Å²) in [5.41, 5.74) is 4.88. The molecule has 7 saturated carbocycles. The van der Waals surface area contributed by atoms with E-state index in [9.17, 15) is 0 Å². The number of allylic oxidation sites excluding steroid dienone is 2. The van der Waals surface area contributed by atoms with Crippen LogP contribution in [-0.2, 0) is 0 Å². The second-order valence-corrected chi connectivity index (χ2v) is 74.0. The predicted molar refractivity (Wildman–Crippen MR) is 310 cm³/mol. The average molecular weight is 986 g/mol. The maximum atomic E-state index is 3.15. The van der Waals surface area contributed by atoms with E-state index in [-0.39, 0.29) is 35.3 Å². The second kappa shape index (κ2) is 12.8. The van der Waals surface area contributed by atoms with E-state index < -0.39 is 56.5 Å². The molecule has 5 unspecified atom stereocenters. The molecule has 1 spiro atoms. The molecule has 8 rings (SSSR count). The fourth-order valence-electron chi connectivity index (χ4n) is 20.6. The van der Waals surface area contributed by atoms with Crippen molar-refractivity contribution in [3.8, 4) is 0 Å². The minimum absolute atomic E-state index is 0.256. The molecule has 5 atom stereocenters. The highest BCUT2D eigenvalue weighted by molar-refractivity contribution is 7.09. The van der Waals surface area contributed by atoms with Gasteiger partial charge >= 0.3 is 0 Å². The number of rotatable bonds is 7. The molecule has 0 saturated heterocycles. The summed E-state index contributed by atoms with van der Waals surface area (Å²) in [5, 5.41) is 3.96. The van der Waals surface area contributed by atoms with Gasteiger partial charge in [0, 0.05) is 0 Å². The molecule has 8 aliphatic rings. The Balaban J connectivity index is 2.57. The van der Waals surface area contributed by atoms with Crippen molar-refractivity contribution in [2.75, 3.05) is 0 Å². The van der Waals surface area contributed by atoms with E-state index in [1.54, 1.807) is 0 Å². The lowest BCUT2D eigenvalue weighted by Gasteiger charge is -3.21. The zero-order valence-electron chi connectivity index (χ0n) is 50.5. The molecule has 8 aliphatic carbocycles. The highest BCUT2D eigenvalue weighted by Gasteiger charge is 3.31. The molecule has 0 nitrogen and oxygen atoms in total. The SMILES string of the molecule is CC1=C(C)CC2([Si](C)(C)C(C)(C)C)C([Si](C)(C)C(C)(C)C)(C1)C13C([Si](C)(C)C(C)(C)C)C4([Si](C)(C)C(C)(C)C)C1([Si](C)(C)C(C)(C)C)C2([Si](C)(C)C(C)(C)C)C34[Si](C)(C)C(C)(C)C. The fourth-order valence-corrected chi connectivity index (χ4v) is 70.1. The maximum absolute atomic E-state index is 3.15. The van der Waals surface area contributed by atoms with Crippen LogP contribution in [0.3, 0.4) is 0 Å². The molecular weight excluding hydrogens is 869 g/mol. The first-order valence-electron chi connectivity index (χ1n) is 26.5. The van der Waals surface area contributed by atoms with Crippen LogP contribution in [0.4, 0.5) is 0 Å². The van der Waals surface area contributed by atoms with Gasteiger partial charge in [-0.25, -0.2) is 0 Å². The first-order chi connectivity index (χ1) is 26.9. The Labute approximate surface area is 405 Å². The van der Waals surface area contributed by atoms with Gasteiger partial charge in [-0.2, -0.15) is 0 Å². The van der Waals surface area contributed by atoms with Crippen LogP contribution < -0.4 is 0 Å². The molecule has 0 aromatic heterocycles. The Kier molecular flexibility index (Phi) is 11.2. The quantitative estimate of drug-likeness (QED) is 0.176. The molecule has 0 radical (unpaired) electrons. The molecule has 0 aliphatic heterocycles. The van der Waals surface area contributed by atoms with E-state index >= 15 is 0 Å². The summed E-state index contributed by atoms with van der Waals surface area (Å²) in [5.74, 6) is 0. The molecule has 0 heterocycles. The highest BCUT2D eigenvalue weighted by Crippen LogP contribution is 3.44. The summed E-state index contributed by atoms with van der Waals surface area (Å²) < 4.78 is 0. The van der Waals surface area contributed by atoms with Crippen molar-refractivity contribution in [2.24, 2.45) is 5.41 Å². The van der Waals surface area contributed by atoms with Crippen molar-refractivity contribution in [1.82, 2.24) is 0 Å². The van der Waals surface area contributed by atoms with E-state index in [0.717, 1.165) is 5.54 Å². The maximum Gasteiger partial charge on any atom is 0.0603 e. The van der Waals surface area contributed by atoms with Crippen LogP contribution in [0.2, 0.25) is 163 Å². The molecule has 0 amide bonds. The molecule has 5 bridgehead atoms. The third-order valence-corrected chi connectivity index (χ3v) is 76.9. The molecule has 368 valence electrons. The van der Waals surface area contributed by atoms with Gasteiger partial charge in [-0.3, -0.25) is 0 Å². The van der Waals surface area contributed by atoms with Gasteiger partial charge in [-0.1, -0.05) is 248 Å². The van der Waals surface area contributed by atoms with Crippen LogP contribution in [0.5, 0.6) is 0 Å². The smallest absolute Gasteiger partial charge is 0.0603 e. The van der Waals surface area contributed by atoms with Crippen LogP contribution in [-0.4, -0.2) is 56.5 Å². The second-order valence-electron chi connectivity index (χ2n) is 35.2. The topological polar surface area (TPSA) is 0 Å². The molecule has 7 heteroatoms. The zero-order chi connectivity index (χ0) is 50.6. The summed E-state index contributed by atoms with van der Waals surface area (Å²) in [4.78, 5) is 0. The standard InChI is InChI=1S/C56H116Si7/c1-40-38-50(58(26,27)44(6,7)8)51(39-41(40)2,59(28,29)45(9,10)11)54(61(32,33)47(15,16)17)55(62(34,35)48(18,19)20)52(50)42(57(24,25)43(3,4)5)53(55,60(30,31)46(12,13)14)56(52,54)63(36,37)49(21,22)23/h42H,38-39H2,1-37H3. The summed E-state index contributed by atoms with van der Waals surface area (Å²) in [6.07, 6.45) is 2.81. The third kappa shape index (κ3) is 4.44. The third-order valence-electron chi connectivity index (χ3n) is 28.0. The van der Waals surface area contributed by atoms with Crippen molar-refractivity contribution in [2.45, 2.75) is 335 Å². The van der Waals surface area contributed by atoms with Gasteiger partial charge in [0.25, 0.3) is 0 Å². The van der Waals surface area contributed by atoms with E-state index in [2.05, 4.69) is 251 Å². The highest BCUT2D eigenvalue weighted by atomic mass is 28.4. The predicted octanol–water partition coefficient (Wildman–Crippen LogP) is 21.5. The first kappa shape index (κ1) is 55.2. The van der Waals surface area contributed by atoms with Crippen molar-refractivity contribution < 1.29 is 0 Å². The van der Waals surface area contributed by atoms with E-state index in [1.165, 1.54) is 12.8 Å². The fraction of sp³-hybridized carbons (Fsp3) is 0.964. The van der Waals surface area contributed by atoms with Gasteiger partial charge in [-0.15, -0.1) is 0 Å². The van der Waals surface area contributed by atoms with Gasteiger partial charge in [0.1, 0.15) is 0 Å². The summed E-state index contributed by atoms with van der Waals surface area (Å²) in [6, 6.07) is 0. The van der Waals surface area contributed by atoms with E-state index in [4.69, 9.17) is 0 Å². The molecule has 7 fully saturated rings. The van der Waals surface area contributed by atoms with E-state index in [1.807, 2.05) is 11.1 Å². The Morgan fingerprint density at radius 2 is 0.556 bits per heavy atom. The normalized spacial score (nSPS) is 37.4. The molecule has 63 heavy (non-hydrogen) atoms. The molecule has 0 aromatic rings. The number of hydrogen-bond donors (Lipinski definition) is 0. The van der Waals surface area contributed by atoms with Crippen LogP contribution in [0, 0.1) is 5.41 Å². The lowest BCUT2D eigenvalue weighted by molar-refractivity contribution is -0.349. The summed E-state index contributed by atoms with van der Waals surface area (Å²) >= 11 is 0. The Hall–Kier alpha value is 1.26. The van der Waals surface area contributed by atoms with Crippen molar-refractivity contribution in [3.63, 3.8) is 0 Å². The monoisotopic (exact) mass is 985 g/mol. The van der Waals surface area contributed by atoms with Crippen LogP contribution in [0.1, 0.15) is 172 Å². The lowest BCUT2D eigenvalue weighted by atomic mass is 9.14. The van der Waals surface area contributed by atoms with Crippen molar-refractivity contribution in [1.29, 1.82) is 0 Å². The van der Waals surface area contributed by atoms with Gasteiger partial charge in [0.05, 0.1) is 56.5 Å². The molecular formula is C56H116Si7.